The highest BCUT2D eigenvalue weighted by Crippen LogP contribution is 2.18. The number of likely N-dealkylation sites (N-methyl/N-ethyl adjacent to an activating group) is 1. The lowest BCUT2D eigenvalue weighted by atomic mass is 10.2. The second-order valence-corrected chi connectivity index (χ2v) is 4.76. The standard InChI is InChI=1S/C13H23N5O/c1-5-6-18(8-12(19)15-4)11-7-10(14)16-13(17-11)9(2)3/h7,9H,5-6,8H2,1-4H3,(H,15,19)(H2,14,16,17). The Labute approximate surface area is 114 Å². The van der Waals surface area contributed by atoms with E-state index in [1.165, 1.54) is 0 Å². The number of hydrogen-bond acceptors (Lipinski definition) is 5. The van der Waals surface area contributed by atoms with Crippen molar-refractivity contribution in [3.63, 3.8) is 0 Å². The van der Waals surface area contributed by atoms with Crippen LogP contribution in [0.25, 0.3) is 0 Å². The van der Waals surface area contributed by atoms with Crippen molar-refractivity contribution in [1.29, 1.82) is 0 Å². The van der Waals surface area contributed by atoms with Crippen LogP contribution >= 0.6 is 0 Å². The van der Waals surface area contributed by atoms with Crippen molar-refractivity contribution in [1.82, 2.24) is 15.3 Å². The van der Waals surface area contributed by atoms with Gasteiger partial charge in [-0.25, -0.2) is 9.97 Å². The SMILES string of the molecule is CCCN(CC(=O)NC)c1cc(N)nc(C(C)C)n1. The summed E-state index contributed by atoms with van der Waals surface area (Å²) in [6, 6.07) is 1.71. The van der Waals surface area contributed by atoms with Gasteiger partial charge in [0.15, 0.2) is 0 Å². The van der Waals surface area contributed by atoms with E-state index in [1.807, 2.05) is 18.7 Å². The Balaban J connectivity index is 3.03. The van der Waals surface area contributed by atoms with Crippen LogP contribution in [0.1, 0.15) is 38.9 Å². The molecule has 0 aliphatic heterocycles. The van der Waals surface area contributed by atoms with Gasteiger partial charge in [0.25, 0.3) is 0 Å². The summed E-state index contributed by atoms with van der Waals surface area (Å²) in [6.45, 7) is 7.12. The minimum atomic E-state index is -0.0447. The van der Waals surface area contributed by atoms with Crippen LogP contribution in [0.15, 0.2) is 6.07 Å². The molecule has 0 radical (unpaired) electrons. The van der Waals surface area contributed by atoms with E-state index < -0.39 is 0 Å². The molecule has 1 aromatic rings. The minimum Gasteiger partial charge on any atom is -0.384 e. The van der Waals surface area contributed by atoms with Gasteiger partial charge in [-0.2, -0.15) is 0 Å². The van der Waals surface area contributed by atoms with Gasteiger partial charge in [-0.1, -0.05) is 20.8 Å². The first-order valence-electron chi connectivity index (χ1n) is 6.57. The molecule has 106 valence electrons. The topological polar surface area (TPSA) is 84.1 Å². The number of anilines is 2. The highest BCUT2D eigenvalue weighted by atomic mass is 16.1. The third-order valence-corrected chi connectivity index (χ3v) is 2.70. The number of nitrogens with one attached hydrogen (secondary N) is 1. The van der Waals surface area contributed by atoms with Gasteiger partial charge in [0.05, 0.1) is 6.54 Å². The van der Waals surface area contributed by atoms with Crippen molar-refractivity contribution in [2.75, 3.05) is 30.8 Å². The summed E-state index contributed by atoms with van der Waals surface area (Å²) in [5, 5.41) is 2.62. The maximum absolute atomic E-state index is 11.5. The van der Waals surface area contributed by atoms with Crippen molar-refractivity contribution >= 4 is 17.5 Å². The predicted molar refractivity (Wildman–Crippen MR) is 77.1 cm³/mol. The van der Waals surface area contributed by atoms with Gasteiger partial charge in [0.1, 0.15) is 17.5 Å². The molecule has 3 N–H and O–H groups in total. The zero-order chi connectivity index (χ0) is 14.4. The Hall–Kier alpha value is -1.85. The smallest absolute Gasteiger partial charge is 0.239 e. The van der Waals surface area contributed by atoms with Crippen molar-refractivity contribution in [3.8, 4) is 0 Å². The molecule has 1 amide bonds. The molecule has 1 heterocycles. The predicted octanol–water partition coefficient (Wildman–Crippen LogP) is 1.14. The van der Waals surface area contributed by atoms with Crippen LogP contribution in [0.2, 0.25) is 0 Å². The van der Waals surface area contributed by atoms with Gasteiger partial charge in [-0.05, 0) is 6.42 Å². The quantitative estimate of drug-likeness (QED) is 0.806. The number of nitrogens with two attached hydrogens (primary N) is 1. The van der Waals surface area contributed by atoms with Crippen LogP contribution in [0.5, 0.6) is 0 Å². The molecule has 6 heteroatoms. The molecule has 0 aromatic carbocycles. The molecule has 0 bridgehead atoms. The fourth-order valence-electron chi connectivity index (χ4n) is 1.69. The van der Waals surface area contributed by atoms with Gasteiger partial charge in [0.2, 0.25) is 5.91 Å². The maximum atomic E-state index is 11.5. The largest absolute Gasteiger partial charge is 0.384 e. The number of carbonyl (C=O) groups excluding carboxylic acids is 1. The van der Waals surface area contributed by atoms with Crippen LogP contribution in [0, 0.1) is 0 Å². The second-order valence-electron chi connectivity index (χ2n) is 4.76. The Kier molecular flexibility index (Phi) is 5.54. The maximum Gasteiger partial charge on any atom is 0.239 e. The zero-order valence-corrected chi connectivity index (χ0v) is 12.1. The molecule has 6 nitrogen and oxygen atoms in total. The molecule has 1 aromatic heterocycles. The van der Waals surface area contributed by atoms with Crippen molar-refractivity contribution in [2.45, 2.75) is 33.1 Å². The Morgan fingerprint density at radius 2 is 2.16 bits per heavy atom. The van der Waals surface area contributed by atoms with Crippen LogP contribution in [0.3, 0.4) is 0 Å². The molecule has 0 fully saturated rings. The Morgan fingerprint density at radius 3 is 2.68 bits per heavy atom. The van der Waals surface area contributed by atoms with Crippen LogP contribution in [0.4, 0.5) is 11.6 Å². The van der Waals surface area contributed by atoms with Crippen LogP contribution in [-0.4, -0.2) is 36.0 Å². The number of aromatic nitrogens is 2. The molecule has 0 aliphatic carbocycles. The summed E-state index contributed by atoms with van der Waals surface area (Å²) in [6.07, 6.45) is 0.928. The van der Waals surface area contributed by atoms with E-state index in [-0.39, 0.29) is 18.4 Å². The lowest BCUT2D eigenvalue weighted by molar-refractivity contribution is -0.119. The molecule has 0 atom stereocenters. The van der Waals surface area contributed by atoms with Crippen molar-refractivity contribution in [3.05, 3.63) is 11.9 Å². The van der Waals surface area contributed by atoms with E-state index in [0.29, 0.717) is 17.5 Å². The summed E-state index contributed by atoms with van der Waals surface area (Å²) in [5.41, 5.74) is 5.82. The molecular weight excluding hydrogens is 242 g/mol. The number of rotatable bonds is 6. The number of carbonyl (C=O) groups is 1. The molecule has 19 heavy (non-hydrogen) atoms. The first-order valence-corrected chi connectivity index (χ1v) is 6.57. The molecular formula is C13H23N5O. The Morgan fingerprint density at radius 1 is 1.47 bits per heavy atom. The van der Waals surface area contributed by atoms with E-state index in [4.69, 9.17) is 5.73 Å². The number of nitrogen functional groups attached to an aromatic ring is 1. The van der Waals surface area contributed by atoms with Gasteiger partial charge in [-0.15, -0.1) is 0 Å². The van der Waals surface area contributed by atoms with E-state index in [0.717, 1.165) is 13.0 Å². The molecule has 1 rings (SSSR count). The molecule has 0 saturated carbocycles. The average molecular weight is 265 g/mol. The summed E-state index contributed by atoms with van der Waals surface area (Å²) in [7, 11) is 1.63. The lowest BCUT2D eigenvalue weighted by Gasteiger charge is -2.23. The van der Waals surface area contributed by atoms with Crippen molar-refractivity contribution < 1.29 is 4.79 Å². The molecule has 0 saturated heterocycles. The van der Waals surface area contributed by atoms with Crippen LogP contribution in [-0.2, 0) is 4.79 Å². The summed E-state index contributed by atoms with van der Waals surface area (Å²) < 4.78 is 0. The fraction of sp³-hybridized carbons (Fsp3) is 0.615. The minimum absolute atomic E-state index is 0.0447. The van der Waals surface area contributed by atoms with E-state index in [1.54, 1.807) is 13.1 Å². The highest BCUT2D eigenvalue weighted by molar-refractivity contribution is 5.80. The number of nitrogens with zero attached hydrogens (tertiary/aromatic N) is 3. The van der Waals surface area contributed by atoms with E-state index in [9.17, 15) is 4.79 Å². The van der Waals surface area contributed by atoms with Crippen molar-refractivity contribution in [2.24, 2.45) is 0 Å². The normalized spacial score (nSPS) is 10.6. The molecule has 0 spiro atoms. The van der Waals surface area contributed by atoms with Crippen LogP contribution < -0.4 is 16.0 Å². The first-order chi connectivity index (χ1) is 8.97. The van der Waals surface area contributed by atoms with E-state index in [2.05, 4.69) is 22.2 Å². The number of hydrogen-bond donors (Lipinski definition) is 2. The average Bonchev–Trinajstić information content (AvgIpc) is 2.37. The second kappa shape index (κ2) is 6.92. The fourth-order valence-corrected chi connectivity index (χ4v) is 1.69. The first kappa shape index (κ1) is 15.2. The lowest BCUT2D eigenvalue weighted by Crippen LogP contribution is -2.36. The summed E-state index contributed by atoms with van der Waals surface area (Å²) >= 11 is 0. The van der Waals surface area contributed by atoms with E-state index >= 15 is 0 Å². The zero-order valence-electron chi connectivity index (χ0n) is 12.1. The summed E-state index contributed by atoms with van der Waals surface area (Å²) in [5.74, 6) is 2.00. The van der Waals surface area contributed by atoms with Gasteiger partial charge in [-0.3, -0.25) is 4.79 Å². The third-order valence-electron chi connectivity index (χ3n) is 2.70. The highest BCUT2D eigenvalue weighted by Gasteiger charge is 2.14. The molecule has 0 unspecified atom stereocenters. The van der Waals surface area contributed by atoms with Gasteiger partial charge in [0, 0.05) is 25.6 Å². The monoisotopic (exact) mass is 265 g/mol. The Bertz CT molecular complexity index is 433. The third kappa shape index (κ3) is 4.39. The van der Waals surface area contributed by atoms with Gasteiger partial charge < -0.3 is 16.0 Å². The molecule has 0 aliphatic rings. The van der Waals surface area contributed by atoms with Gasteiger partial charge >= 0.3 is 0 Å². The number of amides is 1. The summed E-state index contributed by atoms with van der Waals surface area (Å²) in [4.78, 5) is 22.2.